The summed E-state index contributed by atoms with van der Waals surface area (Å²) in [5.74, 6) is -1.21. The number of carbonyl (C=O) groups excluding carboxylic acids is 2. The zero-order valence-electron chi connectivity index (χ0n) is 11.3. The van der Waals surface area contributed by atoms with Gasteiger partial charge in [0.15, 0.2) is 0 Å². The number of hydrogen-bond acceptors (Lipinski definition) is 4. The zero-order chi connectivity index (χ0) is 14.3. The van der Waals surface area contributed by atoms with Gasteiger partial charge in [0.25, 0.3) is 0 Å². The second-order valence-corrected chi connectivity index (χ2v) is 4.97. The van der Waals surface area contributed by atoms with Crippen LogP contribution >= 0.6 is 0 Å². The van der Waals surface area contributed by atoms with Gasteiger partial charge in [-0.25, -0.2) is 9.59 Å². The van der Waals surface area contributed by atoms with Crippen molar-refractivity contribution in [3.05, 3.63) is 0 Å². The first-order chi connectivity index (χ1) is 8.15. The van der Waals surface area contributed by atoms with Gasteiger partial charge in [-0.3, -0.25) is 4.79 Å². The number of ether oxygens (including phenoxy) is 1. The Bertz CT molecular complexity index is 319. The molecule has 1 amide bonds. The van der Waals surface area contributed by atoms with Gasteiger partial charge < -0.3 is 15.2 Å². The smallest absolute Gasteiger partial charge is 0.408 e. The van der Waals surface area contributed by atoms with E-state index in [1.807, 2.05) is 0 Å². The van der Waals surface area contributed by atoms with Crippen LogP contribution in [0.4, 0.5) is 4.79 Å². The average Bonchev–Trinajstić information content (AvgIpc) is 2.20. The van der Waals surface area contributed by atoms with E-state index >= 15 is 0 Å². The summed E-state index contributed by atoms with van der Waals surface area (Å²) in [4.78, 5) is 33.4. The highest BCUT2D eigenvalue weighted by Crippen LogP contribution is 2.08. The Morgan fingerprint density at radius 3 is 2.22 bits per heavy atom. The topological polar surface area (TPSA) is 92.7 Å². The monoisotopic (exact) mass is 259 g/mol. The Balaban J connectivity index is 4.32. The maximum atomic E-state index is 11.4. The minimum absolute atomic E-state index is 0.0350. The number of carboxylic acids is 1. The zero-order valence-corrected chi connectivity index (χ0v) is 11.3. The maximum Gasteiger partial charge on any atom is 0.408 e. The molecule has 0 aromatic heterocycles. The van der Waals surface area contributed by atoms with E-state index in [2.05, 4.69) is 5.32 Å². The molecule has 0 rings (SSSR count). The summed E-state index contributed by atoms with van der Waals surface area (Å²) in [6.45, 7) is 6.76. The summed E-state index contributed by atoms with van der Waals surface area (Å²) in [5.41, 5.74) is -0.688. The predicted octanol–water partition coefficient (Wildman–Crippen LogP) is 1.72. The Hall–Kier alpha value is -1.59. The molecule has 0 saturated heterocycles. The molecule has 0 saturated carbocycles. The molecule has 1 atom stereocenters. The van der Waals surface area contributed by atoms with Gasteiger partial charge in [-0.05, 0) is 27.2 Å². The van der Waals surface area contributed by atoms with E-state index in [0.717, 1.165) is 0 Å². The van der Waals surface area contributed by atoms with Crippen molar-refractivity contribution in [1.29, 1.82) is 0 Å². The summed E-state index contributed by atoms with van der Waals surface area (Å²) < 4.78 is 4.95. The molecule has 18 heavy (non-hydrogen) atoms. The molecule has 0 heterocycles. The van der Waals surface area contributed by atoms with Gasteiger partial charge in [-0.2, -0.15) is 0 Å². The number of carbonyl (C=O) groups is 3. The number of rotatable bonds is 6. The normalized spacial score (nSPS) is 12.7. The maximum absolute atomic E-state index is 11.4. The number of amides is 1. The van der Waals surface area contributed by atoms with Crippen LogP contribution in [0.15, 0.2) is 0 Å². The molecule has 6 nitrogen and oxygen atoms in total. The molecule has 0 aliphatic heterocycles. The summed E-state index contributed by atoms with van der Waals surface area (Å²) in [5, 5.41) is 11.2. The molecule has 0 fully saturated rings. The van der Waals surface area contributed by atoms with Crippen molar-refractivity contribution < 1.29 is 24.2 Å². The number of aliphatic carboxylic acids is 1. The number of hydrogen-bond donors (Lipinski definition) is 2. The largest absolute Gasteiger partial charge is 0.480 e. The molecule has 0 spiro atoms. The van der Waals surface area contributed by atoms with Crippen molar-refractivity contribution in [3.63, 3.8) is 0 Å². The van der Waals surface area contributed by atoms with Crippen LogP contribution in [-0.2, 0) is 14.3 Å². The number of nitrogens with one attached hydrogen (secondary N) is 1. The molecule has 0 bridgehead atoms. The number of carboxylic acid groups (broad SMARTS) is 1. The van der Waals surface area contributed by atoms with Crippen LogP contribution in [0.3, 0.4) is 0 Å². The quantitative estimate of drug-likeness (QED) is 0.757. The molecule has 104 valence electrons. The van der Waals surface area contributed by atoms with Crippen molar-refractivity contribution in [2.45, 2.75) is 58.6 Å². The molecule has 0 aromatic rings. The van der Waals surface area contributed by atoms with Crippen molar-refractivity contribution in [2.24, 2.45) is 0 Å². The van der Waals surface area contributed by atoms with E-state index < -0.39 is 23.7 Å². The summed E-state index contributed by atoms with van der Waals surface area (Å²) in [6.07, 6.45) is -0.234. The lowest BCUT2D eigenvalue weighted by molar-refractivity contribution is -0.139. The van der Waals surface area contributed by atoms with E-state index in [1.54, 1.807) is 27.7 Å². The Morgan fingerprint density at radius 2 is 1.83 bits per heavy atom. The number of Topliss-reactive ketones (excluding diaryl/α,β-unsaturated/α-hetero) is 1. The third-order valence-corrected chi connectivity index (χ3v) is 2.10. The van der Waals surface area contributed by atoms with E-state index in [-0.39, 0.29) is 18.6 Å². The van der Waals surface area contributed by atoms with Crippen molar-refractivity contribution >= 4 is 17.8 Å². The van der Waals surface area contributed by atoms with Gasteiger partial charge in [-0.1, -0.05) is 6.92 Å². The lowest BCUT2D eigenvalue weighted by Crippen LogP contribution is -2.43. The molecule has 0 aliphatic rings. The van der Waals surface area contributed by atoms with Crippen LogP contribution in [0.2, 0.25) is 0 Å². The van der Waals surface area contributed by atoms with Gasteiger partial charge >= 0.3 is 12.1 Å². The minimum Gasteiger partial charge on any atom is -0.480 e. The predicted molar refractivity (Wildman–Crippen MR) is 65.3 cm³/mol. The van der Waals surface area contributed by atoms with Crippen LogP contribution < -0.4 is 5.32 Å². The fraction of sp³-hybridized carbons (Fsp3) is 0.750. The van der Waals surface area contributed by atoms with Crippen LogP contribution in [0.1, 0.15) is 47.0 Å². The van der Waals surface area contributed by atoms with E-state index in [9.17, 15) is 14.4 Å². The van der Waals surface area contributed by atoms with Gasteiger partial charge in [0.2, 0.25) is 0 Å². The highest BCUT2D eigenvalue weighted by atomic mass is 16.6. The standard InChI is InChI=1S/C12H21NO5/c1-5-8(14)6-7-9(10(15)16)13-11(17)18-12(2,3)4/h9H,5-7H2,1-4H3,(H,13,17)(H,15,16)/t9-/m0/s1. The second-order valence-electron chi connectivity index (χ2n) is 4.97. The molecule has 0 radical (unpaired) electrons. The van der Waals surface area contributed by atoms with Gasteiger partial charge in [0.1, 0.15) is 17.4 Å². The third-order valence-electron chi connectivity index (χ3n) is 2.10. The van der Waals surface area contributed by atoms with E-state index in [1.165, 1.54) is 0 Å². The molecule has 6 heteroatoms. The Morgan fingerprint density at radius 1 is 1.28 bits per heavy atom. The summed E-state index contributed by atoms with van der Waals surface area (Å²) >= 11 is 0. The highest BCUT2D eigenvalue weighted by molar-refractivity contribution is 5.82. The van der Waals surface area contributed by atoms with Crippen molar-refractivity contribution in [3.8, 4) is 0 Å². The molecule has 0 unspecified atom stereocenters. The first-order valence-electron chi connectivity index (χ1n) is 5.89. The molecular weight excluding hydrogens is 238 g/mol. The first-order valence-corrected chi connectivity index (χ1v) is 5.89. The first kappa shape index (κ1) is 16.4. The highest BCUT2D eigenvalue weighted by Gasteiger charge is 2.24. The minimum atomic E-state index is -1.18. The lowest BCUT2D eigenvalue weighted by atomic mass is 10.1. The fourth-order valence-electron chi connectivity index (χ4n) is 1.19. The SMILES string of the molecule is CCC(=O)CC[C@H](NC(=O)OC(C)(C)C)C(=O)O. The van der Waals surface area contributed by atoms with E-state index in [0.29, 0.717) is 6.42 Å². The van der Waals surface area contributed by atoms with Gasteiger partial charge in [0.05, 0.1) is 0 Å². The molecule has 0 aromatic carbocycles. The van der Waals surface area contributed by atoms with Crippen molar-refractivity contribution in [1.82, 2.24) is 5.32 Å². The Labute approximate surface area is 107 Å². The van der Waals surface area contributed by atoms with Crippen molar-refractivity contribution in [2.75, 3.05) is 0 Å². The average molecular weight is 259 g/mol. The van der Waals surface area contributed by atoms with Crippen LogP contribution in [0.5, 0.6) is 0 Å². The lowest BCUT2D eigenvalue weighted by Gasteiger charge is -2.21. The van der Waals surface area contributed by atoms with Gasteiger partial charge in [-0.15, -0.1) is 0 Å². The summed E-state index contributed by atoms with van der Waals surface area (Å²) in [7, 11) is 0. The van der Waals surface area contributed by atoms with Gasteiger partial charge in [0, 0.05) is 12.8 Å². The molecular formula is C12H21NO5. The molecule has 0 aliphatic carbocycles. The fourth-order valence-corrected chi connectivity index (χ4v) is 1.19. The molecule has 2 N–H and O–H groups in total. The van der Waals surface area contributed by atoms with E-state index in [4.69, 9.17) is 9.84 Å². The number of alkyl carbamates (subject to hydrolysis) is 1. The van der Waals surface area contributed by atoms with Crippen LogP contribution in [0, 0.1) is 0 Å². The Kier molecular flexibility index (Phi) is 6.36. The summed E-state index contributed by atoms with van der Waals surface area (Å²) in [6, 6.07) is -1.10. The second kappa shape index (κ2) is 6.98. The number of ketones is 1. The van der Waals surface area contributed by atoms with Crippen LogP contribution in [-0.4, -0.2) is 34.6 Å². The van der Waals surface area contributed by atoms with Crippen LogP contribution in [0.25, 0.3) is 0 Å². The third kappa shape index (κ3) is 7.65.